The molecule has 0 radical (unpaired) electrons. The number of hydrogen-bond donors (Lipinski definition) is 0. The molecular formula is C13H15ClN2S. The molecule has 4 heteroatoms. The van der Waals surface area contributed by atoms with Crippen molar-refractivity contribution < 1.29 is 0 Å². The fourth-order valence-electron chi connectivity index (χ4n) is 1.68. The lowest BCUT2D eigenvalue weighted by Gasteiger charge is -2.19. The molecule has 2 rings (SSSR count). The molecule has 0 fully saturated rings. The minimum atomic E-state index is 0.861. The van der Waals surface area contributed by atoms with Gasteiger partial charge in [-0.25, -0.2) is 0 Å². The Morgan fingerprint density at radius 3 is 2.53 bits per heavy atom. The van der Waals surface area contributed by atoms with Crippen LogP contribution in [0, 0.1) is 0 Å². The number of pyridine rings is 1. The van der Waals surface area contributed by atoms with Gasteiger partial charge in [0, 0.05) is 30.4 Å². The molecule has 0 amide bonds. The van der Waals surface area contributed by atoms with Crippen molar-refractivity contribution in [2.75, 3.05) is 6.54 Å². The zero-order valence-electron chi connectivity index (χ0n) is 9.77. The third kappa shape index (κ3) is 3.80. The van der Waals surface area contributed by atoms with Crippen LogP contribution in [0.3, 0.4) is 0 Å². The van der Waals surface area contributed by atoms with Crippen LogP contribution in [0.15, 0.2) is 36.7 Å². The van der Waals surface area contributed by atoms with Crippen LogP contribution >= 0.6 is 22.9 Å². The second-order valence-electron chi connectivity index (χ2n) is 3.86. The molecule has 90 valence electrons. The molecule has 2 aromatic rings. The number of rotatable bonds is 5. The normalized spacial score (nSPS) is 11.0. The highest BCUT2D eigenvalue weighted by Crippen LogP contribution is 2.23. The van der Waals surface area contributed by atoms with Crippen molar-refractivity contribution >= 4 is 22.9 Å². The third-order valence-corrected chi connectivity index (χ3v) is 3.83. The molecule has 0 unspecified atom stereocenters. The van der Waals surface area contributed by atoms with E-state index in [4.69, 9.17) is 11.6 Å². The van der Waals surface area contributed by atoms with E-state index in [0.29, 0.717) is 0 Å². The summed E-state index contributed by atoms with van der Waals surface area (Å²) in [5.41, 5.74) is 1.30. The van der Waals surface area contributed by atoms with Gasteiger partial charge in [-0.3, -0.25) is 9.88 Å². The van der Waals surface area contributed by atoms with Crippen molar-refractivity contribution in [3.8, 4) is 0 Å². The summed E-state index contributed by atoms with van der Waals surface area (Å²) < 4.78 is 0.861. The van der Waals surface area contributed by atoms with Crippen LogP contribution < -0.4 is 0 Å². The molecule has 0 aliphatic rings. The van der Waals surface area contributed by atoms with Gasteiger partial charge < -0.3 is 0 Å². The number of nitrogens with zero attached hydrogens (tertiary/aromatic N) is 2. The van der Waals surface area contributed by atoms with Crippen LogP contribution in [0.5, 0.6) is 0 Å². The summed E-state index contributed by atoms with van der Waals surface area (Å²) in [6.07, 6.45) is 3.68. The van der Waals surface area contributed by atoms with Crippen LogP contribution in [0.1, 0.15) is 17.4 Å². The van der Waals surface area contributed by atoms with Crippen molar-refractivity contribution in [2.45, 2.75) is 20.0 Å². The van der Waals surface area contributed by atoms with E-state index < -0.39 is 0 Å². The van der Waals surface area contributed by atoms with Gasteiger partial charge in [0.25, 0.3) is 0 Å². The molecule has 2 heterocycles. The molecule has 0 atom stereocenters. The molecule has 0 saturated carbocycles. The Morgan fingerprint density at radius 1 is 1.18 bits per heavy atom. The van der Waals surface area contributed by atoms with Gasteiger partial charge in [0.2, 0.25) is 0 Å². The predicted octanol–water partition coefficient (Wildman–Crippen LogP) is 3.82. The van der Waals surface area contributed by atoms with Crippen LogP contribution in [-0.4, -0.2) is 16.4 Å². The topological polar surface area (TPSA) is 16.1 Å². The summed E-state index contributed by atoms with van der Waals surface area (Å²) in [5.74, 6) is 0. The second kappa shape index (κ2) is 6.15. The van der Waals surface area contributed by atoms with Crippen LogP contribution in [0.2, 0.25) is 4.34 Å². The lowest BCUT2D eigenvalue weighted by molar-refractivity contribution is 0.274. The SMILES string of the molecule is CCN(Cc1ccncc1)Cc1ccc(Cl)s1. The number of thiophene rings is 1. The van der Waals surface area contributed by atoms with Gasteiger partial charge in [-0.1, -0.05) is 18.5 Å². The van der Waals surface area contributed by atoms with E-state index in [0.717, 1.165) is 24.0 Å². The highest BCUT2D eigenvalue weighted by atomic mass is 35.5. The first-order valence-corrected chi connectivity index (χ1v) is 6.83. The Morgan fingerprint density at radius 2 is 1.94 bits per heavy atom. The van der Waals surface area contributed by atoms with Gasteiger partial charge in [0.1, 0.15) is 0 Å². The number of halogens is 1. The third-order valence-electron chi connectivity index (χ3n) is 2.61. The maximum absolute atomic E-state index is 5.94. The molecule has 0 N–H and O–H groups in total. The van der Waals surface area contributed by atoms with Crippen molar-refractivity contribution in [3.05, 3.63) is 51.4 Å². The fraction of sp³-hybridized carbons (Fsp3) is 0.308. The quantitative estimate of drug-likeness (QED) is 0.818. The molecule has 0 aliphatic heterocycles. The Balaban J connectivity index is 1.98. The Kier molecular flexibility index (Phi) is 4.54. The van der Waals surface area contributed by atoms with Gasteiger partial charge >= 0.3 is 0 Å². The minimum absolute atomic E-state index is 0.861. The van der Waals surface area contributed by atoms with Crippen LogP contribution in [-0.2, 0) is 13.1 Å². The standard InChI is InChI=1S/C13H15ClN2S/c1-2-16(9-11-5-7-15-8-6-11)10-12-3-4-13(14)17-12/h3-8H,2,9-10H2,1H3. The molecule has 0 bridgehead atoms. The first-order chi connectivity index (χ1) is 8.28. The van der Waals surface area contributed by atoms with Gasteiger partial charge in [-0.2, -0.15) is 0 Å². The Labute approximate surface area is 111 Å². The summed E-state index contributed by atoms with van der Waals surface area (Å²) in [5, 5.41) is 0. The van der Waals surface area contributed by atoms with Crippen LogP contribution in [0.25, 0.3) is 0 Å². The monoisotopic (exact) mass is 266 g/mol. The van der Waals surface area contributed by atoms with Gasteiger partial charge in [0.15, 0.2) is 0 Å². The highest BCUT2D eigenvalue weighted by molar-refractivity contribution is 7.16. The first kappa shape index (κ1) is 12.6. The number of aromatic nitrogens is 1. The fourth-order valence-corrected chi connectivity index (χ4v) is 2.81. The maximum atomic E-state index is 5.94. The van der Waals surface area contributed by atoms with Crippen molar-refractivity contribution in [1.82, 2.24) is 9.88 Å². The Hall–Kier alpha value is -0.900. The summed E-state index contributed by atoms with van der Waals surface area (Å²) >= 11 is 7.59. The summed E-state index contributed by atoms with van der Waals surface area (Å²) in [6, 6.07) is 8.18. The van der Waals surface area contributed by atoms with E-state index in [9.17, 15) is 0 Å². The molecule has 0 saturated heterocycles. The van der Waals surface area contributed by atoms with Crippen molar-refractivity contribution in [1.29, 1.82) is 0 Å². The molecule has 2 aromatic heterocycles. The average molecular weight is 267 g/mol. The molecule has 0 aromatic carbocycles. The van der Waals surface area contributed by atoms with Gasteiger partial charge in [-0.05, 0) is 36.4 Å². The van der Waals surface area contributed by atoms with Crippen LogP contribution in [0.4, 0.5) is 0 Å². The van der Waals surface area contributed by atoms with E-state index in [1.807, 2.05) is 18.5 Å². The van der Waals surface area contributed by atoms with Crippen molar-refractivity contribution in [2.24, 2.45) is 0 Å². The lowest BCUT2D eigenvalue weighted by atomic mass is 10.2. The number of hydrogen-bond acceptors (Lipinski definition) is 3. The van der Waals surface area contributed by atoms with Gasteiger partial charge in [-0.15, -0.1) is 11.3 Å². The van der Waals surface area contributed by atoms with Gasteiger partial charge in [0.05, 0.1) is 4.34 Å². The average Bonchev–Trinajstić information content (AvgIpc) is 2.75. The van der Waals surface area contributed by atoms with E-state index in [1.54, 1.807) is 11.3 Å². The predicted molar refractivity (Wildman–Crippen MR) is 73.4 cm³/mol. The zero-order chi connectivity index (χ0) is 12.1. The highest BCUT2D eigenvalue weighted by Gasteiger charge is 2.06. The zero-order valence-corrected chi connectivity index (χ0v) is 11.3. The first-order valence-electron chi connectivity index (χ1n) is 5.63. The molecule has 2 nitrogen and oxygen atoms in total. The van der Waals surface area contributed by atoms with E-state index in [2.05, 4.69) is 35.0 Å². The lowest BCUT2D eigenvalue weighted by Crippen LogP contribution is -2.21. The van der Waals surface area contributed by atoms with E-state index in [1.165, 1.54) is 10.4 Å². The van der Waals surface area contributed by atoms with Crippen molar-refractivity contribution in [3.63, 3.8) is 0 Å². The molecular weight excluding hydrogens is 252 g/mol. The minimum Gasteiger partial charge on any atom is -0.294 e. The molecule has 17 heavy (non-hydrogen) atoms. The van der Waals surface area contributed by atoms with E-state index in [-0.39, 0.29) is 0 Å². The molecule has 0 aliphatic carbocycles. The van der Waals surface area contributed by atoms with E-state index >= 15 is 0 Å². The summed E-state index contributed by atoms with van der Waals surface area (Å²) in [4.78, 5) is 7.73. The maximum Gasteiger partial charge on any atom is 0.0931 e. The summed E-state index contributed by atoms with van der Waals surface area (Å²) in [6.45, 7) is 5.11. The second-order valence-corrected chi connectivity index (χ2v) is 5.66. The largest absolute Gasteiger partial charge is 0.294 e. The smallest absolute Gasteiger partial charge is 0.0931 e. The molecule has 0 spiro atoms. The summed E-state index contributed by atoms with van der Waals surface area (Å²) in [7, 11) is 0. The Bertz CT molecular complexity index is 455.